The van der Waals surface area contributed by atoms with E-state index < -0.39 is 5.82 Å². The lowest BCUT2D eigenvalue weighted by atomic mass is 10.1. The summed E-state index contributed by atoms with van der Waals surface area (Å²) in [4.78, 5) is 21.6. The van der Waals surface area contributed by atoms with Gasteiger partial charge in [0, 0.05) is 54.7 Å². The summed E-state index contributed by atoms with van der Waals surface area (Å²) in [5, 5.41) is 4.06. The van der Waals surface area contributed by atoms with Gasteiger partial charge >= 0.3 is 0 Å². The van der Waals surface area contributed by atoms with Gasteiger partial charge in [-0.05, 0) is 48.9 Å². The van der Waals surface area contributed by atoms with Crippen LogP contribution in [0.3, 0.4) is 0 Å². The average Bonchev–Trinajstić information content (AvgIpc) is 3.31. The molecule has 2 aromatic carbocycles. The average molecular weight is 517 g/mol. The topological polar surface area (TPSA) is 71.7 Å². The molecule has 9 heteroatoms. The van der Waals surface area contributed by atoms with Gasteiger partial charge in [0.05, 0.1) is 13.2 Å². The zero-order valence-electron chi connectivity index (χ0n) is 18.3. The molecule has 1 aliphatic rings. The largest absolute Gasteiger partial charge is 0.379 e. The number of hydrogen-bond acceptors (Lipinski definition) is 6. The fourth-order valence-corrected chi connectivity index (χ4v) is 4.00. The van der Waals surface area contributed by atoms with Gasteiger partial charge in [-0.3, -0.25) is 9.69 Å². The van der Waals surface area contributed by atoms with E-state index in [-0.39, 0.29) is 5.91 Å². The molecule has 0 aliphatic carbocycles. The number of nitrogens with zero attached hydrogens (tertiary/aromatic N) is 4. The molecule has 3 aromatic rings. The van der Waals surface area contributed by atoms with Crippen LogP contribution in [0.25, 0.3) is 11.4 Å². The molecule has 33 heavy (non-hydrogen) atoms. The first kappa shape index (κ1) is 23.5. The molecule has 7 nitrogen and oxygen atoms in total. The first-order chi connectivity index (χ1) is 16.1. The van der Waals surface area contributed by atoms with Crippen LogP contribution in [0.2, 0.25) is 0 Å². The summed E-state index contributed by atoms with van der Waals surface area (Å²) in [6.45, 7) is 5.12. The number of ether oxygens (including phenoxy) is 1. The van der Waals surface area contributed by atoms with Gasteiger partial charge in [-0.2, -0.15) is 4.98 Å². The number of halogens is 2. The van der Waals surface area contributed by atoms with E-state index in [1.54, 1.807) is 17.0 Å². The Hall–Kier alpha value is -2.62. The first-order valence-electron chi connectivity index (χ1n) is 11.0. The van der Waals surface area contributed by atoms with Crippen molar-refractivity contribution in [2.45, 2.75) is 12.8 Å². The maximum absolute atomic E-state index is 13.7. The molecule has 1 aliphatic heterocycles. The molecular formula is C24H26BrFN4O3. The molecule has 1 saturated heterocycles. The smallest absolute Gasteiger partial charge is 0.253 e. The SMILES string of the molecule is O=C(c1cccc(F)c1)N(CCCN1CCOCC1)CCc1nc(-c2ccc(Br)cc2)no1. The van der Waals surface area contributed by atoms with E-state index in [0.717, 1.165) is 49.3 Å². The Morgan fingerprint density at radius 3 is 2.67 bits per heavy atom. The lowest BCUT2D eigenvalue weighted by Crippen LogP contribution is -2.39. The Kier molecular flexibility index (Phi) is 8.20. The van der Waals surface area contributed by atoms with Crippen molar-refractivity contribution >= 4 is 21.8 Å². The van der Waals surface area contributed by atoms with Crippen molar-refractivity contribution in [1.82, 2.24) is 19.9 Å². The van der Waals surface area contributed by atoms with Gasteiger partial charge in [0.2, 0.25) is 11.7 Å². The molecule has 0 spiro atoms. The number of hydrogen-bond donors (Lipinski definition) is 0. The Balaban J connectivity index is 1.40. The van der Waals surface area contributed by atoms with Gasteiger partial charge in [0.25, 0.3) is 5.91 Å². The van der Waals surface area contributed by atoms with Crippen LogP contribution >= 0.6 is 15.9 Å². The van der Waals surface area contributed by atoms with Gasteiger partial charge in [-0.15, -0.1) is 0 Å². The standard InChI is InChI=1S/C24H26BrFN4O3/c25-20-7-5-18(6-8-20)23-27-22(33-28-23)9-12-30(11-2-10-29-13-15-32-16-14-29)24(31)19-3-1-4-21(26)17-19/h1,3-8,17H,2,9-16H2. The van der Waals surface area contributed by atoms with Gasteiger partial charge in [-0.25, -0.2) is 4.39 Å². The molecule has 0 radical (unpaired) electrons. The number of carbonyl (C=O) groups is 1. The Bertz CT molecular complexity index is 1050. The van der Waals surface area contributed by atoms with Crippen LogP contribution in [0.4, 0.5) is 4.39 Å². The highest BCUT2D eigenvalue weighted by Gasteiger charge is 2.19. The van der Waals surface area contributed by atoms with E-state index in [1.165, 1.54) is 12.1 Å². The first-order valence-corrected chi connectivity index (χ1v) is 11.8. The highest BCUT2D eigenvalue weighted by atomic mass is 79.9. The summed E-state index contributed by atoms with van der Waals surface area (Å²) >= 11 is 3.41. The van der Waals surface area contributed by atoms with Crippen molar-refractivity contribution in [2.75, 3.05) is 45.9 Å². The zero-order valence-corrected chi connectivity index (χ0v) is 19.8. The van der Waals surface area contributed by atoms with Crippen LogP contribution in [-0.2, 0) is 11.2 Å². The Morgan fingerprint density at radius 2 is 1.91 bits per heavy atom. The van der Waals surface area contributed by atoms with E-state index in [2.05, 4.69) is 31.0 Å². The fraction of sp³-hybridized carbons (Fsp3) is 0.375. The van der Waals surface area contributed by atoms with E-state index in [1.807, 2.05) is 24.3 Å². The molecule has 2 heterocycles. The third-order valence-corrected chi connectivity index (χ3v) is 6.06. The quantitative estimate of drug-likeness (QED) is 0.427. The minimum absolute atomic E-state index is 0.205. The summed E-state index contributed by atoms with van der Waals surface area (Å²) in [5.74, 6) is 0.334. The van der Waals surface area contributed by atoms with Crippen LogP contribution in [-0.4, -0.2) is 71.8 Å². The van der Waals surface area contributed by atoms with Crippen LogP contribution < -0.4 is 0 Å². The van der Waals surface area contributed by atoms with Gasteiger partial charge in [-0.1, -0.05) is 27.2 Å². The normalized spacial score (nSPS) is 14.4. The minimum Gasteiger partial charge on any atom is -0.379 e. The Labute approximate surface area is 200 Å². The van der Waals surface area contributed by atoms with Crippen LogP contribution in [0, 0.1) is 5.82 Å². The van der Waals surface area contributed by atoms with Crippen molar-refractivity contribution < 1.29 is 18.4 Å². The molecule has 1 aromatic heterocycles. The highest BCUT2D eigenvalue weighted by molar-refractivity contribution is 9.10. The third-order valence-electron chi connectivity index (χ3n) is 5.53. The second-order valence-electron chi connectivity index (χ2n) is 7.88. The van der Waals surface area contributed by atoms with Crippen molar-refractivity contribution in [3.8, 4) is 11.4 Å². The highest BCUT2D eigenvalue weighted by Crippen LogP contribution is 2.19. The van der Waals surface area contributed by atoms with Gasteiger partial charge in [0.1, 0.15) is 5.82 Å². The number of morpholine rings is 1. The van der Waals surface area contributed by atoms with E-state index in [0.29, 0.717) is 36.8 Å². The maximum Gasteiger partial charge on any atom is 0.253 e. The minimum atomic E-state index is -0.426. The molecule has 0 saturated carbocycles. The van der Waals surface area contributed by atoms with Crippen LogP contribution in [0.15, 0.2) is 57.5 Å². The number of amides is 1. The molecule has 174 valence electrons. The lowest BCUT2D eigenvalue weighted by molar-refractivity contribution is 0.0357. The predicted octanol–water partition coefficient (Wildman–Crippen LogP) is 4.05. The van der Waals surface area contributed by atoms with Crippen molar-refractivity contribution in [2.24, 2.45) is 0 Å². The summed E-state index contributed by atoms with van der Waals surface area (Å²) in [5.41, 5.74) is 1.19. The molecular weight excluding hydrogens is 491 g/mol. The molecule has 0 N–H and O–H groups in total. The third kappa shape index (κ3) is 6.69. The predicted molar refractivity (Wildman–Crippen MR) is 125 cm³/mol. The van der Waals surface area contributed by atoms with E-state index in [9.17, 15) is 9.18 Å². The lowest BCUT2D eigenvalue weighted by Gasteiger charge is -2.28. The van der Waals surface area contributed by atoms with Crippen LogP contribution in [0.1, 0.15) is 22.7 Å². The van der Waals surface area contributed by atoms with Gasteiger partial charge < -0.3 is 14.2 Å². The molecule has 0 atom stereocenters. The second kappa shape index (κ2) is 11.5. The monoisotopic (exact) mass is 516 g/mol. The number of aromatic nitrogens is 2. The molecule has 1 fully saturated rings. The second-order valence-corrected chi connectivity index (χ2v) is 8.79. The molecule has 0 unspecified atom stereocenters. The van der Waals surface area contributed by atoms with Gasteiger partial charge in [0.15, 0.2) is 0 Å². The Morgan fingerprint density at radius 1 is 1.12 bits per heavy atom. The summed E-state index contributed by atoms with van der Waals surface area (Å²) in [7, 11) is 0. The number of rotatable bonds is 9. The van der Waals surface area contributed by atoms with Crippen LogP contribution in [0.5, 0.6) is 0 Å². The summed E-state index contributed by atoms with van der Waals surface area (Å²) in [6, 6.07) is 13.4. The summed E-state index contributed by atoms with van der Waals surface area (Å²) < 4.78 is 25.5. The fourth-order valence-electron chi connectivity index (χ4n) is 3.73. The number of benzene rings is 2. The van der Waals surface area contributed by atoms with E-state index in [4.69, 9.17) is 9.26 Å². The molecule has 0 bridgehead atoms. The van der Waals surface area contributed by atoms with E-state index >= 15 is 0 Å². The maximum atomic E-state index is 13.7. The van der Waals surface area contributed by atoms with Crippen molar-refractivity contribution in [3.63, 3.8) is 0 Å². The van der Waals surface area contributed by atoms with Crippen molar-refractivity contribution in [3.05, 3.63) is 70.3 Å². The molecule has 4 rings (SSSR count). The summed E-state index contributed by atoms with van der Waals surface area (Å²) in [6.07, 6.45) is 1.23. The number of carbonyl (C=O) groups excluding carboxylic acids is 1. The van der Waals surface area contributed by atoms with Crippen molar-refractivity contribution in [1.29, 1.82) is 0 Å². The zero-order chi connectivity index (χ0) is 23.0. The molecule has 1 amide bonds.